The molecule has 0 aromatic heterocycles. The van der Waals surface area contributed by atoms with E-state index in [0.29, 0.717) is 13.0 Å². The van der Waals surface area contributed by atoms with E-state index in [4.69, 9.17) is 9.47 Å². The molecular weight excluding hydrogens is 344 g/mol. The summed E-state index contributed by atoms with van der Waals surface area (Å²) in [6.45, 7) is 4.69. The van der Waals surface area contributed by atoms with E-state index < -0.39 is 6.04 Å². The topological polar surface area (TPSA) is 76.7 Å². The summed E-state index contributed by atoms with van der Waals surface area (Å²) >= 11 is 0. The highest BCUT2D eigenvalue weighted by Gasteiger charge is 2.28. The molecule has 3 rings (SSSR count). The standard InChI is InChI=1S/C21H30N2O4/c1-14(2)19(23-20(24)16-6-4-3-5-7-16)21(25)22-11-10-15-8-9-17-18(12-15)27-13-26-17/h8-9,12,14,16,19H,3-7,10-11,13H2,1-2H3,(H,22,25)(H,23,24). The number of amides is 2. The average molecular weight is 374 g/mol. The van der Waals surface area contributed by atoms with Crippen LogP contribution >= 0.6 is 0 Å². The number of fused-ring (bicyclic) bond motifs is 1. The first-order chi connectivity index (χ1) is 13.0. The summed E-state index contributed by atoms with van der Waals surface area (Å²) in [6.07, 6.45) is 5.98. The maximum atomic E-state index is 12.6. The smallest absolute Gasteiger partial charge is 0.242 e. The van der Waals surface area contributed by atoms with Crippen LogP contribution in [0.5, 0.6) is 11.5 Å². The van der Waals surface area contributed by atoms with Gasteiger partial charge in [-0.15, -0.1) is 0 Å². The summed E-state index contributed by atoms with van der Waals surface area (Å²) in [5, 5.41) is 5.94. The summed E-state index contributed by atoms with van der Waals surface area (Å²) in [4.78, 5) is 25.1. The second-order valence-electron chi connectivity index (χ2n) is 7.79. The molecular formula is C21H30N2O4. The number of hydrogen-bond acceptors (Lipinski definition) is 4. The Labute approximate surface area is 161 Å². The monoisotopic (exact) mass is 374 g/mol. The number of benzene rings is 1. The zero-order valence-electron chi connectivity index (χ0n) is 16.3. The largest absolute Gasteiger partial charge is 0.454 e. The summed E-state index contributed by atoms with van der Waals surface area (Å²) in [7, 11) is 0. The van der Waals surface area contributed by atoms with Crippen LogP contribution in [0, 0.1) is 11.8 Å². The number of ether oxygens (including phenoxy) is 2. The normalized spacial score (nSPS) is 17.6. The van der Waals surface area contributed by atoms with E-state index in [1.807, 2.05) is 32.0 Å². The lowest BCUT2D eigenvalue weighted by molar-refractivity contribution is -0.132. The van der Waals surface area contributed by atoms with Gasteiger partial charge in [0.1, 0.15) is 6.04 Å². The fourth-order valence-corrected chi connectivity index (χ4v) is 3.71. The summed E-state index contributed by atoms with van der Waals surface area (Å²) in [6, 6.07) is 5.32. The summed E-state index contributed by atoms with van der Waals surface area (Å²) in [5.41, 5.74) is 1.08. The first kappa shape index (κ1) is 19.5. The summed E-state index contributed by atoms with van der Waals surface area (Å²) < 4.78 is 10.7. The first-order valence-corrected chi connectivity index (χ1v) is 10.0. The van der Waals surface area contributed by atoms with Gasteiger partial charge in [0, 0.05) is 12.5 Å². The molecule has 1 heterocycles. The van der Waals surface area contributed by atoms with Gasteiger partial charge in [-0.1, -0.05) is 39.2 Å². The van der Waals surface area contributed by atoms with Gasteiger partial charge in [0.05, 0.1) is 0 Å². The minimum Gasteiger partial charge on any atom is -0.454 e. The van der Waals surface area contributed by atoms with Gasteiger partial charge in [0.2, 0.25) is 18.6 Å². The van der Waals surface area contributed by atoms with Crippen molar-refractivity contribution < 1.29 is 19.1 Å². The van der Waals surface area contributed by atoms with Crippen molar-refractivity contribution in [2.24, 2.45) is 11.8 Å². The fourth-order valence-electron chi connectivity index (χ4n) is 3.71. The molecule has 2 N–H and O–H groups in total. The quantitative estimate of drug-likeness (QED) is 0.769. The molecule has 1 aromatic rings. The van der Waals surface area contributed by atoms with E-state index in [1.165, 1.54) is 6.42 Å². The van der Waals surface area contributed by atoms with Crippen molar-refractivity contribution in [1.82, 2.24) is 10.6 Å². The van der Waals surface area contributed by atoms with Crippen molar-refractivity contribution in [3.05, 3.63) is 23.8 Å². The molecule has 0 saturated heterocycles. The van der Waals surface area contributed by atoms with Crippen LogP contribution in [0.2, 0.25) is 0 Å². The molecule has 1 unspecified atom stereocenters. The molecule has 0 spiro atoms. The highest BCUT2D eigenvalue weighted by Crippen LogP contribution is 2.32. The maximum Gasteiger partial charge on any atom is 0.242 e. The molecule has 0 radical (unpaired) electrons. The molecule has 2 amide bonds. The molecule has 6 heteroatoms. The third-order valence-corrected chi connectivity index (χ3v) is 5.37. The van der Waals surface area contributed by atoms with E-state index in [-0.39, 0.29) is 30.4 Å². The van der Waals surface area contributed by atoms with Crippen molar-refractivity contribution in [2.75, 3.05) is 13.3 Å². The predicted octanol–water partition coefficient (Wildman–Crippen LogP) is 2.80. The van der Waals surface area contributed by atoms with E-state index >= 15 is 0 Å². The average Bonchev–Trinajstić information content (AvgIpc) is 3.14. The Bertz CT molecular complexity index is 668. The van der Waals surface area contributed by atoms with Crippen LogP contribution in [0.4, 0.5) is 0 Å². The lowest BCUT2D eigenvalue weighted by Gasteiger charge is -2.26. The van der Waals surface area contributed by atoms with Crippen molar-refractivity contribution in [1.29, 1.82) is 0 Å². The van der Waals surface area contributed by atoms with E-state index in [9.17, 15) is 9.59 Å². The van der Waals surface area contributed by atoms with Crippen LogP contribution in [0.25, 0.3) is 0 Å². The fraction of sp³-hybridized carbons (Fsp3) is 0.619. The van der Waals surface area contributed by atoms with Gasteiger partial charge >= 0.3 is 0 Å². The van der Waals surface area contributed by atoms with Crippen molar-refractivity contribution in [3.8, 4) is 11.5 Å². The molecule has 27 heavy (non-hydrogen) atoms. The number of carbonyl (C=O) groups excluding carboxylic acids is 2. The van der Waals surface area contributed by atoms with Gasteiger partial charge in [-0.05, 0) is 42.9 Å². The Morgan fingerprint density at radius 1 is 1.11 bits per heavy atom. The second-order valence-corrected chi connectivity index (χ2v) is 7.79. The van der Waals surface area contributed by atoms with E-state index in [1.54, 1.807) is 0 Å². The van der Waals surface area contributed by atoms with Crippen molar-refractivity contribution >= 4 is 11.8 Å². The molecule has 2 aliphatic rings. The molecule has 1 saturated carbocycles. The number of hydrogen-bond donors (Lipinski definition) is 2. The Kier molecular flexibility index (Phi) is 6.58. The number of nitrogens with one attached hydrogen (secondary N) is 2. The van der Waals surface area contributed by atoms with Crippen LogP contribution in [-0.4, -0.2) is 31.2 Å². The SMILES string of the molecule is CC(C)C(NC(=O)C1CCCCC1)C(=O)NCCc1ccc2c(c1)OCO2. The number of rotatable bonds is 7. The lowest BCUT2D eigenvalue weighted by atomic mass is 9.88. The van der Waals surface area contributed by atoms with E-state index in [0.717, 1.165) is 42.7 Å². The third kappa shape index (κ3) is 5.15. The third-order valence-electron chi connectivity index (χ3n) is 5.37. The van der Waals surface area contributed by atoms with Gasteiger partial charge in [-0.2, -0.15) is 0 Å². The second kappa shape index (κ2) is 9.11. The molecule has 1 fully saturated rings. The van der Waals surface area contributed by atoms with Crippen LogP contribution in [0.1, 0.15) is 51.5 Å². The predicted molar refractivity (Wildman–Crippen MR) is 103 cm³/mol. The zero-order chi connectivity index (χ0) is 19.2. The zero-order valence-corrected chi connectivity index (χ0v) is 16.3. The van der Waals surface area contributed by atoms with Gasteiger partial charge in [-0.3, -0.25) is 9.59 Å². The minimum absolute atomic E-state index is 0.0271. The Morgan fingerprint density at radius 3 is 2.59 bits per heavy atom. The molecule has 1 aliphatic heterocycles. The molecule has 148 valence electrons. The highest BCUT2D eigenvalue weighted by atomic mass is 16.7. The maximum absolute atomic E-state index is 12.6. The Morgan fingerprint density at radius 2 is 1.85 bits per heavy atom. The minimum atomic E-state index is -0.490. The van der Waals surface area contributed by atoms with Crippen LogP contribution in [-0.2, 0) is 16.0 Å². The molecule has 6 nitrogen and oxygen atoms in total. The summed E-state index contributed by atoms with van der Waals surface area (Å²) in [5.74, 6) is 1.52. The number of carbonyl (C=O) groups is 2. The van der Waals surface area contributed by atoms with E-state index in [2.05, 4.69) is 10.6 Å². The van der Waals surface area contributed by atoms with Crippen LogP contribution in [0.15, 0.2) is 18.2 Å². The molecule has 1 aliphatic carbocycles. The highest BCUT2D eigenvalue weighted by molar-refractivity contribution is 5.88. The van der Waals surface area contributed by atoms with Gasteiger partial charge < -0.3 is 20.1 Å². The van der Waals surface area contributed by atoms with Gasteiger partial charge in [-0.25, -0.2) is 0 Å². The Balaban J connectivity index is 1.48. The van der Waals surface area contributed by atoms with Gasteiger partial charge in [0.15, 0.2) is 11.5 Å². The molecule has 1 atom stereocenters. The lowest BCUT2D eigenvalue weighted by Crippen LogP contribution is -2.51. The van der Waals surface area contributed by atoms with Crippen molar-refractivity contribution in [2.45, 2.75) is 58.4 Å². The molecule has 1 aromatic carbocycles. The van der Waals surface area contributed by atoms with Crippen LogP contribution < -0.4 is 20.1 Å². The van der Waals surface area contributed by atoms with Crippen molar-refractivity contribution in [3.63, 3.8) is 0 Å². The van der Waals surface area contributed by atoms with Gasteiger partial charge in [0.25, 0.3) is 0 Å². The first-order valence-electron chi connectivity index (χ1n) is 10.0. The molecule has 0 bridgehead atoms. The Hall–Kier alpha value is -2.24. The van der Waals surface area contributed by atoms with Crippen LogP contribution in [0.3, 0.4) is 0 Å².